The average Bonchev–Trinajstić information content (AvgIpc) is 2.78. The van der Waals surface area contributed by atoms with Crippen molar-refractivity contribution in [1.29, 1.82) is 0 Å². The number of ether oxygens (including phenoxy) is 1. The van der Waals surface area contributed by atoms with Crippen molar-refractivity contribution in [1.82, 2.24) is 26.2 Å². The summed E-state index contributed by atoms with van der Waals surface area (Å²) in [5.41, 5.74) is 4.85. The Kier molecular flexibility index (Phi) is 17.0. The van der Waals surface area contributed by atoms with Gasteiger partial charge in [0.15, 0.2) is 0 Å². The fourth-order valence-electron chi connectivity index (χ4n) is 2.92. The van der Waals surface area contributed by atoms with Crippen LogP contribution in [0.2, 0.25) is 0 Å². The van der Waals surface area contributed by atoms with Gasteiger partial charge < -0.3 is 36.6 Å². The maximum absolute atomic E-state index is 12.5. The highest BCUT2D eigenvalue weighted by molar-refractivity contribution is 5.91. The molecule has 33 heavy (non-hydrogen) atoms. The van der Waals surface area contributed by atoms with Crippen LogP contribution in [0.5, 0.6) is 0 Å². The van der Waals surface area contributed by atoms with Gasteiger partial charge >= 0.3 is 6.09 Å². The zero-order valence-corrected chi connectivity index (χ0v) is 20.0. The van der Waals surface area contributed by atoms with Gasteiger partial charge in [0.05, 0.1) is 13.0 Å². The number of nitrogens with zero attached hydrogens (tertiary/aromatic N) is 1. The van der Waals surface area contributed by atoms with Gasteiger partial charge in [-0.15, -0.1) is 0 Å². The largest absolute Gasteiger partial charge is 0.450 e. The van der Waals surface area contributed by atoms with E-state index in [1.165, 1.54) is 19.0 Å². The number of primary amides is 1. The van der Waals surface area contributed by atoms with Crippen LogP contribution < -0.4 is 27.0 Å². The molecule has 0 unspecified atom stereocenters. The molecule has 0 aliphatic heterocycles. The van der Waals surface area contributed by atoms with E-state index in [9.17, 15) is 24.0 Å². The number of likely N-dealkylation sites (N-methyl/N-ethyl adjacent to an activating group) is 2. The second-order valence-corrected chi connectivity index (χ2v) is 7.58. The molecule has 0 radical (unpaired) electrons. The topological polar surface area (TPSA) is 172 Å². The number of hydrogen-bond donors (Lipinski definition) is 5. The molecule has 0 aliphatic rings. The lowest BCUT2D eigenvalue weighted by atomic mass is 10.1. The Balaban J connectivity index is 4.19. The number of rotatable bonds is 18. The molecule has 0 aromatic carbocycles. The third-order valence-electron chi connectivity index (χ3n) is 4.93. The van der Waals surface area contributed by atoms with E-state index in [2.05, 4.69) is 26.0 Å². The van der Waals surface area contributed by atoms with Crippen LogP contribution in [-0.4, -0.2) is 88.0 Å². The molecule has 0 heterocycles. The summed E-state index contributed by atoms with van der Waals surface area (Å²) >= 11 is 0. The summed E-state index contributed by atoms with van der Waals surface area (Å²) in [5, 5.41) is 10.9. The molecule has 0 aromatic rings. The second-order valence-electron chi connectivity index (χ2n) is 7.58. The van der Waals surface area contributed by atoms with E-state index in [-0.39, 0.29) is 43.1 Å². The van der Waals surface area contributed by atoms with E-state index in [1.54, 1.807) is 7.05 Å². The van der Waals surface area contributed by atoms with Crippen molar-refractivity contribution in [3.05, 3.63) is 0 Å². The van der Waals surface area contributed by atoms with Crippen LogP contribution in [0.4, 0.5) is 4.79 Å². The summed E-state index contributed by atoms with van der Waals surface area (Å²) < 4.78 is 4.59. The standard InChI is InChI=1S/C21H40N6O6/c1-23-12-13-26-20(31)16(15-18(29)24-2)27(3)19(30)10-5-4-7-11-25-17(28)9-6-8-14-33-21(22)32/h16,23H,4-15H2,1-3H3,(H2,22,32)(H,24,29)(H,25,28)(H,26,31)/t16-/m0/s1. The van der Waals surface area contributed by atoms with Crippen LogP contribution in [0.1, 0.15) is 51.4 Å². The first kappa shape index (κ1) is 30.1. The van der Waals surface area contributed by atoms with Crippen molar-refractivity contribution in [2.45, 2.75) is 57.4 Å². The fraction of sp³-hybridized carbons (Fsp3) is 0.762. The zero-order valence-electron chi connectivity index (χ0n) is 20.0. The van der Waals surface area contributed by atoms with E-state index in [1.807, 2.05) is 0 Å². The lowest BCUT2D eigenvalue weighted by Crippen LogP contribution is -2.50. The van der Waals surface area contributed by atoms with Gasteiger partial charge in [-0.2, -0.15) is 0 Å². The lowest BCUT2D eigenvalue weighted by molar-refractivity contribution is -0.141. The molecular weight excluding hydrogens is 432 g/mol. The smallest absolute Gasteiger partial charge is 0.404 e. The molecule has 6 N–H and O–H groups in total. The molecule has 0 spiro atoms. The quantitative estimate of drug-likeness (QED) is 0.163. The van der Waals surface area contributed by atoms with E-state index < -0.39 is 12.1 Å². The Hall–Kier alpha value is -2.89. The monoisotopic (exact) mass is 472 g/mol. The van der Waals surface area contributed by atoms with Gasteiger partial charge in [0.1, 0.15) is 6.04 Å². The minimum Gasteiger partial charge on any atom is -0.450 e. The van der Waals surface area contributed by atoms with Crippen LogP contribution in [-0.2, 0) is 23.9 Å². The van der Waals surface area contributed by atoms with Gasteiger partial charge in [-0.25, -0.2) is 4.79 Å². The number of hydrogen-bond acceptors (Lipinski definition) is 7. The Morgan fingerprint density at radius 3 is 2.18 bits per heavy atom. The minimum atomic E-state index is -0.873. The molecule has 0 aliphatic carbocycles. The normalized spacial score (nSPS) is 11.2. The highest BCUT2D eigenvalue weighted by atomic mass is 16.5. The van der Waals surface area contributed by atoms with Gasteiger partial charge in [-0.3, -0.25) is 19.2 Å². The molecule has 0 fully saturated rings. The van der Waals surface area contributed by atoms with Gasteiger partial charge in [0.25, 0.3) is 0 Å². The second kappa shape index (κ2) is 18.7. The van der Waals surface area contributed by atoms with Gasteiger partial charge in [0, 0.05) is 46.6 Å². The Morgan fingerprint density at radius 1 is 0.848 bits per heavy atom. The first-order valence-electron chi connectivity index (χ1n) is 11.3. The van der Waals surface area contributed by atoms with Crippen molar-refractivity contribution in [3.63, 3.8) is 0 Å². The molecule has 1 atom stereocenters. The van der Waals surface area contributed by atoms with Crippen LogP contribution in [0.25, 0.3) is 0 Å². The Labute approximate surface area is 195 Å². The van der Waals surface area contributed by atoms with Crippen LogP contribution in [0, 0.1) is 0 Å². The predicted octanol–water partition coefficient (Wildman–Crippen LogP) is -0.773. The number of carbonyl (C=O) groups is 5. The molecule has 190 valence electrons. The van der Waals surface area contributed by atoms with Crippen molar-refractivity contribution in [2.24, 2.45) is 5.73 Å². The lowest BCUT2D eigenvalue weighted by Gasteiger charge is -2.27. The molecule has 0 saturated heterocycles. The predicted molar refractivity (Wildman–Crippen MR) is 123 cm³/mol. The summed E-state index contributed by atoms with van der Waals surface area (Å²) in [6.45, 7) is 1.69. The first-order chi connectivity index (χ1) is 15.7. The van der Waals surface area contributed by atoms with Gasteiger partial charge in [-0.05, 0) is 32.7 Å². The van der Waals surface area contributed by atoms with E-state index >= 15 is 0 Å². The summed E-state index contributed by atoms with van der Waals surface area (Å²) in [6, 6.07) is -0.873. The molecule has 12 heteroatoms. The number of nitrogens with two attached hydrogens (primary N) is 1. The molecule has 0 saturated carbocycles. The third kappa shape index (κ3) is 15.5. The highest BCUT2D eigenvalue weighted by Gasteiger charge is 2.28. The maximum Gasteiger partial charge on any atom is 0.404 e. The molecule has 0 aromatic heterocycles. The molecular formula is C21H40N6O6. The number of carbonyl (C=O) groups excluding carboxylic acids is 5. The minimum absolute atomic E-state index is 0.0776. The SMILES string of the molecule is CNCCNC(=O)[C@H](CC(=O)NC)N(C)C(=O)CCCCCNC(=O)CCCCOC(N)=O. The summed E-state index contributed by atoms with van der Waals surface area (Å²) in [7, 11) is 4.78. The number of nitrogens with one attached hydrogen (secondary N) is 4. The molecule has 0 bridgehead atoms. The Bertz CT molecular complexity index is 630. The van der Waals surface area contributed by atoms with Crippen molar-refractivity contribution >= 4 is 29.7 Å². The van der Waals surface area contributed by atoms with Gasteiger partial charge in [0.2, 0.25) is 23.6 Å². The average molecular weight is 473 g/mol. The fourth-order valence-corrected chi connectivity index (χ4v) is 2.92. The van der Waals surface area contributed by atoms with Crippen molar-refractivity contribution < 1.29 is 28.7 Å². The molecule has 5 amide bonds. The summed E-state index contributed by atoms with van der Waals surface area (Å²) in [5.74, 6) is -0.978. The zero-order chi connectivity index (χ0) is 25.1. The Morgan fingerprint density at radius 2 is 1.55 bits per heavy atom. The van der Waals surface area contributed by atoms with Gasteiger partial charge in [-0.1, -0.05) is 6.42 Å². The molecule has 12 nitrogen and oxygen atoms in total. The van der Waals surface area contributed by atoms with E-state index in [4.69, 9.17) is 5.73 Å². The van der Waals surface area contributed by atoms with Crippen molar-refractivity contribution in [2.75, 3.05) is 47.4 Å². The third-order valence-corrected chi connectivity index (χ3v) is 4.93. The van der Waals surface area contributed by atoms with E-state index in [0.717, 1.165) is 12.8 Å². The number of unbranched alkanes of at least 4 members (excludes halogenated alkanes) is 3. The highest BCUT2D eigenvalue weighted by Crippen LogP contribution is 2.09. The summed E-state index contributed by atoms with van der Waals surface area (Å²) in [4.78, 5) is 60.3. The number of amides is 5. The first-order valence-corrected chi connectivity index (χ1v) is 11.3. The maximum atomic E-state index is 12.5. The van der Waals surface area contributed by atoms with Crippen molar-refractivity contribution in [3.8, 4) is 0 Å². The van der Waals surface area contributed by atoms with Crippen LogP contribution in [0.15, 0.2) is 0 Å². The molecule has 0 rings (SSSR count). The van der Waals surface area contributed by atoms with Crippen LogP contribution >= 0.6 is 0 Å². The van der Waals surface area contributed by atoms with Crippen LogP contribution in [0.3, 0.4) is 0 Å². The van der Waals surface area contributed by atoms with E-state index in [0.29, 0.717) is 45.3 Å². The summed E-state index contributed by atoms with van der Waals surface area (Å²) in [6.07, 6.45) is 2.90.